The molecule has 0 bridgehead atoms. The molecule has 142 valence electrons. The maximum atomic E-state index is 4.03. The molecular formula is C25H34BN. The molecule has 0 amide bonds. The minimum atomic E-state index is 0.989. The summed E-state index contributed by atoms with van der Waals surface area (Å²) in [6, 6.07) is 11.7. The summed E-state index contributed by atoms with van der Waals surface area (Å²) < 4.78 is 0. The second kappa shape index (κ2) is 9.31. The minimum Gasteiger partial charge on any atom is -0.369 e. The predicted molar refractivity (Wildman–Crippen MR) is 124 cm³/mol. The van der Waals surface area contributed by atoms with Crippen molar-refractivity contribution in [1.82, 2.24) is 0 Å². The van der Waals surface area contributed by atoms with Crippen molar-refractivity contribution in [1.29, 1.82) is 0 Å². The molecule has 1 heterocycles. The lowest BCUT2D eigenvalue weighted by Crippen LogP contribution is -2.27. The first-order chi connectivity index (χ1) is 13.2. The number of nitrogens with zero attached hydrogens (tertiary/aromatic N) is 1. The second-order valence-electron chi connectivity index (χ2n) is 8.00. The largest absolute Gasteiger partial charge is 0.369 e. The van der Waals surface area contributed by atoms with E-state index in [1.54, 1.807) is 11.0 Å². The van der Waals surface area contributed by atoms with Crippen molar-refractivity contribution < 1.29 is 0 Å². The fraction of sp³-hybridized carbons (Fsp3) is 0.440. The smallest absolute Gasteiger partial charge is 0.158 e. The van der Waals surface area contributed by atoms with Crippen molar-refractivity contribution in [3.63, 3.8) is 0 Å². The number of anilines is 1. The summed E-state index contributed by atoms with van der Waals surface area (Å²) in [6.45, 7) is 9.59. The van der Waals surface area contributed by atoms with Crippen LogP contribution in [0.15, 0.2) is 36.9 Å². The lowest BCUT2D eigenvalue weighted by molar-refractivity contribution is 0.718. The highest BCUT2D eigenvalue weighted by molar-refractivity contribution is 6.54. The second-order valence-corrected chi connectivity index (χ2v) is 8.00. The van der Waals surface area contributed by atoms with E-state index in [1.165, 1.54) is 80.1 Å². The molecule has 0 radical (unpaired) electrons. The van der Waals surface area contributed by atoms with E-state index < -0.39 is 0 Å². The average molecular weight is 359 g/mol. The first-order valence-electron chi connectivity index (χ1n) is 10.8. The third-order valence-corrected chi connectivity index (χ3v) is 5.89. The Labute approximate surface area is 166 Å². The van der Waals surface area contributed by atoms with Crippen LogP contribution in [-0.4, -0.2) is 14.3 Å². The number of unbranched alkanes of at least 4 members (excludes halogenated alkanes) is 3. The highest BCUT2D eigenvalue weighted by Gasteiger charge is 2.23. The van der Waals surface area contributed by atoms with Crippen molar-refractivity contribution in [2.75, 3.05) is 11.9 Å². The summed E-state index contributed by atoms with van der Waals surface area (Å²) in [6.07, 6.45) is 11.0. The Morgan fingerprint density at radius 1 is 1.07 bits per heavy atom. The van der Waals surface area contributed by atoms with Crippen molar-refractivity contribution in [3.8, 4) is 11.1 Å². The van der Waals surface area contributed by atoms with E-state index in [2.05, 4.69) is 62.7 Å². The molecule has 3 rings (SSSR count). The van der Waals surface area contributed by atoms with Gasteiger partial charge in [0.25, 0.3) is 0 Å². The molecule has 0 unspecified atom stereocenters. The topological polar surface area (TPSA) is 3.24 Å². The molecule has 0 spiro atoms. The number of benzene rings is 2. The quantitative estimate of drug-likeness (QED) is 0.394. The van der Waals surface area contributed by atoms with E-state index in [0.29, 0.717) is 0 Å². The average Bonchev–Trinajstić information content (AvgIpc) is 2.68. The van der Waals surface area contributed by atoms with E-state index in [-0.39, 0.29) is 0 Å². The Morgan fingerprint density at radius 3 is 2.63 bits per heavy atom. The lowest BCUT2D eigenvalue weighted by atomic mass is 9.63. The van der Waals surface area contributed by atoms with Gasteiger partial charge in [0.2, 0.25) is 0 Å². The van der Waals surface area contributed by atoms with Gasteiger partial charge in [0, 0.05) is 19.2 Å². The van der Waals surface area contributed by atoms with Crippen LogP contribution in [0.3, 0.4) is 0 Å². The Bertz CT molecular complexity index is 793. The van der Waals surface area contributed by atoms with Crippen LogP contribution in [0.1, 0.15) is 62.6 Å². The Kier molecular flexibility index (Phi) is 6.82. The number of fused-ring (bicyclic) bond motifs is 3. The van der Waals surface area contributed by atoms with Gasteiger partial charge in [-0.2, -0.15) is 0 Å². The summed E-state index contributed by atoms with van der Waals surface area (Å²) in [5, 5.41) is 0. The van der Waals surface area contributed by atoms with E-state index >= 15 is 0 Å². The number of hydrogen-bond acceptors (Lipinski definition) is 1. The van der Waals surface area contributed by atoms with Gasteiger partial charge in [0.1, 0.15) is 0 Å². The van der Waals surface area contributed by atoms with Crippen molar-refractivity contribution in [2.24, 2.45) is 0 Å². The fourth-order valence-electron chi connectivity index (χ4n) is 4.42. The summed E-state index contributed by atoms with van der Waals surface area (Å²) in [5.74, 6) is 0. The summed E-state index contributed by atoms with van der Waals surface area (Å²) >= 11 is 0. The molecule has 2 aromatic rings. The van der Waals surface area contributed by atoms with Crippen LogP contribution in [0.4, 0.5) is 5.69 Å². The summed E-state index contributed by atoms with van der Waals surface area (Å²) in [5.41, 5.74) is 10.0. The molecule has 0 N–H and O–H groups in total. The summed E-state index contributed by atoms with van der Waals surface area (Å²) in [4.78, 5) is 2.39. The van der Waals surface area contributed by atoms with Crippen LogP contribution >= 0.6 is 0 Å². The molecule has 0 aliphatic carbocycles. The van der Waals surface area contributed by atoms with E-state index in [0.717, 1.165) is 6.54 Å². The van der Waals surface area contributed by atoms with Gasteiger partial charge in [0.15, 0.2) is 7.28 Å². The van der Waals surface area contributed by atoms with E-state index in [1.807, 2.05) is 6.08 Å². The summed E-state index contributed by atoms with van der Waals surface area (Å²) in [7, 11) is 3.44. The molecular weight excluding hydrogens is 325 g/mol. The lowest BCUT2D eigenvalue weighted by Gasteiger charge is -2.32. The Hall–Kier alpha value is -1.96. The molecule has 1 aliphatic rings. The molecule has 2 aromatic carbocycles. The highest BCUT2D eigenvalue weighted by Crippen LogP contribution is 2.41. The Balaban J connectivity index is 2.03. The molecule has 0 fully saturated rings. The molecule has 0 aromatic heterocycles. The third-order valence-electron chi connectivity index (χ3n) is 5.89. The number of hydrogen-bond donors (Lipinski definition) is 0. The number of para-hydroxylation sites is 1. The standard InChI is InChI=1S/C25H34BN/c1-5-8-10-12-20-16-23-21(17-24(20)26-15-9-6-2)18-27(4)25-19(7-3)13-11-14-22(23)25/h7,11,13-14,16-17,26H,3,5-6,8-10,12,15,18H2,1-2,4H3. The van der Waals surface area contributed by atoms with Crippen molar-refractivity contribution in [3.05, 3.63) is 53.6 Å². The molecule has 0 atom stereocenters. The molecule has 27 heavy (non-hydrogen) atoms. The molecule has 2 heteroatoms. The molecule has 1 nitrogen and oxygen atoms in total. The zero-order chi connectivity index (χ0) is 19.2. The first kappa shape index (κ1) is 19.8. The normalized spacial score (nSPS) is 12.5. The van der Waals surface area contributed by atoms with Crippen LogP contribution in [0, 0.1) is 0 Å². The Morgan fingerprint density at radius 2 is 1.89 bits per heavy atom. The van der Waals surface area contributed by atoms with Crippen LogP contribution in [-0.2, 0) is 13.0 Å². The maximum absolute atomic E-state index is 4.03. The first-order valence-corrected chi connectivity index (χ1v) is 10.8. The van der Waals surface area contributed by atoms with Gasteiger partial charge in [0.05, 0.1) is 5.69 Å². The van der Waals surface area contributed by atoms with Gasteiger partial charge in [-0.1, -0.05) is 99.9 Å². The maximum Gasteiger partial charge on any atom is 0.158 e. The predicted octanol–water partition coefficient (Wildman–Crippen LogP) is 5.96. The van der Waals surface area contributed by atoms with Gasteiger partial charge < -0.3 is 4.90 Å². The van der Waals surface area contributed by atoms with Gasteiger partial charge in [-0.15, -0.1) is 0 Å². The molecule has 1 aliphatic heterocycles. The van der Waals surface area contributed by atoms with Crippen molar-refractivity contribution >= 4 is 24.5 Å². The van der Waals surface area contributed by atoms with Crippen LogP contribution in [0.25, 0.3) is 17.2 Å². The van der Waals surface area contributed by atoms with Crippen molar-refractivity contribution in [2.45, 2.75) is 65.2 Å². The van der Waals surface area contributed by atoms with Gasteiger partial charge in [-0.3, -0.25) is 0 Å². The van der Waals surface area contributed by atoms with Crippen LogP contribution < -0.4 is 10.4 Å². The SMILES string of the molecule is C=Cc1cccc2c1N(C)Cc1cc(BCCCC)c(CCCCC)cc1-2. The van der Waals surface area contributed by atoms with Gasteiger partial charge >= 0.3 is 0 Å². The highest BCUT2D eigenvalue weighted by atomic mass is 15.1. The van der Waals surface area contributed by atoms with Crippen LogP contribution in [0.5, 0.6) is 0 Å². The zero-order valence-corrected chi connectivity index (χ0v) is 17.5. The number of aryl methyl sites for hydroxylation is 1. The third kappa shape index (κ3) is 4.31. The molecule has 0 saturated carbocycles. The van der Waals surface area contributed by atoms with Crippen LogP contribution in [0.2, 0.25) is 6.32 Å². The van der Waals surface area contributed by atoms with Gasteiger partial charge in [-0.05, 0) is 29.5 Å². The minimum absolute atomic E-state index is 0.989. The molecule has 0 saturated heterocycles. The van der Waals surface area contributed by atoms with Gasteiger partial charge in [-0.25, -0.2) is 0 Å². The fourth-order valence-corrected chi connectivity index (χ4v) is 4.42. The van der Waals surface area contributed by atoms with E-state index in [9.17, 15) is 0 Å². The zero-order valence-electron chi connectivity index (χ0n) is 17.5. The number of rotatable bonds is 9. The monoisotopic (exact) mass is 359 g/mol. The van der Waals surface area contributed by atoms with E-state index in [4.69, 9.17) is 0 Å².